The molecule has 2 rings (SSSR count). The highest BCUT2D eigenvalue weighted by Gasteiger charge is 2.32. The molecule has 1 aromatic carbocycles. The summed E-state index contributed by atoms with van der Waals surface area (Å²) >= 11 is 0. The van der Waals surface area contributed by atoms with Crippen LogP contribution in [0.2, 0.25) is 0 Å². The lowest BCUT2D eigenvalue weighted by Crippen LogP contribution is -2.19. The molecule has 14 heavy (non-hydrogen) atoms. The van der Waals surface area contributed by atoms with E-state index in [0.717, 1.165) is 0 Å². The Labute approximate surface area is 87.3 Å². The van der Waals surface area contributed by atoms with Crippen molar-refractivity contribution in [1.82, 2.24) is 0 Å². The van der Waals surface area contributed by atoms with E-state index in [9.17, 15) is 0 Å². The molecule has 1 atom stereocenters. The van der Waals surface area contributed by atoms with E-state index in [1.54, 1.807) is 5.56 Å². The molecule has 1 unspecified atom stereocenters. The molecule has 0 heterocycles. The van der Waals surface area contributed by atoms with Gasteiger partial charge in [0.15, 0.2) is 0 Å². The van der Waals surface area contributed by atoms with Crippen molar-refractivity contribution >= 4 is 0 Å². The average Bonchev–Trinajstić information content (AvgIpc) is 2.52. The van der Waals surface area contributed by atoms with Crippen molar-refractivity contribution in [2.45, 2.75) is 45.4 Å². The molecule has 0 N–H and O–H groups in total. The van der Waals surface area contributed by atoms with Crippen LogP contribution in [0.5, 0.6) is 0 Å². The van der Waals surface area contributed by atoms with Gasteiger partial charge in [0, 0.05) is 0 Å². The summed E-state index contributed by atoms with van der Waals surface area (Å²) in [6, 6.07) is 6.65. The van der Waals surface area contributed by atoms with E-state index < -0.39 is 0 Å². The van der Waals surface area contributed by atoms with Crippen LogP contribution < -0.4 is 0 Å². The van der Waals surface area contributed by atoms with E-state index in [4.69, 9.17) is 0 Å². The second-order valence-electron chi connectivity index (χ2n) is 4.86. The van der Waals surface area contributed by atoms with Crippen LogP contribution in [0.1, 0.15) is 42.9 Å². The maximum Gasteiger partial charge on any atom is -0.00672 e. The van der Waals surface area contributed by atoms with Crippen LogP contribution in [0.25, 0.3) is 0 Å². The van der Waals surface area contributed by atoms with E-state index in [0.29, 0.717) is 5.41 Å². The Balaban J connectivity index is 2.49. The molecule has 0 spiro atoms. The summed E-state index contributed by atoms with van der Waals surface area (Å²) in [4.78, 5) is 0. The highest BCUT2D eigenvalue weighted by molar-refractivity contribution is 5.40. The molecular formula is C14H19. The molecule has 0 amide bonds. The molecule has 1 radical (unpaired) electrons. The van der Waals surface area contributed by atoms with Gasteiger partial charge in [0.2, 0.25) is 0 Å². The Kier molecular flexibility index (Phi) is 2.38. The lowest BCUT2D eigenvalue weighted by molar-refractivity contribution is 0.492. The zero-order valence-electron chi connectivity index (χ0n) is 9.43. The molecule has 0 nitrogen and oxygen atoms in total. The fourth-order valence-electron chi connectivity index (χ4n) is 2.94. The molecule has 1 aliphatic rings. The minimum absolute atomic E-state index is 0.412. The van der Waals surface area contributed by atoms with E-state index >= 15 is 0 Å². The van der Waals surface area contributed by atoms with E-state index in [2.05, 4.69) is 45.4 Å². The highest BCUT2D eigenvalue weighted by atomic mass is 14.4. The Bertz CT molecular complexity index is 310. The standard InChI is InChI=1S/C14H19/c1-11-7-6-8-12(2)13(11)14(3)9-4-5-10-14/h4,6-8H,5,9-10H2,1-3H3. The first-order valence-electron chi connectivity index (χ1n) is 5.52. The lowest BCUT2D eigenvalue weighted by atomic mass is 9.76. The van der Waals surface area contributed by atoms with Gasteiger partial charge < -0.3 is 0 Å². The van der Waals surface area contributed by atoms with E-state index in [1.807, 2.05) is 0 Å². The second-order valence-corrected chi connectivity index (χ2v) is 4.86. The molecule has 0 heteroatoms. The molecular weight excluding hydrogens is 168 g/mol. The van der Waals surface area contributed by atoms with Gasteiger partial charge in [0.25, 0.3) is 0 Å². The van der Waals surface area contributed by atoms with Crippen molar-refractivity contribution in [3.8, 4) is 0 Å². The number of hydrogen-bond acceptors (Lipinski definition) is 0. The van der Waals surface area contributed by atoms with Gasteiger partial charge >= 0.3 is 0 Å². The van der Waals surface area contributed by atoms with Crippen molar-refractivity contribution < 1.29 is 0 Å². The lowest BCUT2D eigenvalue weighted by Gasteiger charge is -2.28. The molecule has 1 saturated carbocycles. The number of aryl methyl sites for hydroxylation is 2. The van der Waals surface area contributed by atoms with Crippen molar-refractivity contribution in [3.63, 3.8) is 0 Å². The SMILES string of the molecule is Cc1cccc(C)c1C1(C)C[CH]CC1. The monoisotopic (exact) mass is 187 g/mol. The maximum atomic E-state index is 2.44. The van der Waals surface area contributed by atoms with Gasteiger partial charge in [0.1, 0.15) is 0 Å². The zero-order valence-corrected chi connectivity index (χ0v) is 9.43. The summed E-state index contributed by atoms with van der Waals surface area (Å²) in [6.07, 6.45) is 6.29. The third-order valence-corrected chi connectivity index (χ3v) is 3.58. The maximum absolute atomic E-state index is 2.44. The fourth-order valence-corrected chi connectivity index (χ4v) is 2.94. The van der Waals surface area contributed by atoms with E-state index in [1.165, 1.54) is 30.4 Å². The molecule has 0 saturated heterocycles. The summed E-state index contributed by atoms with van der Waals surface area (Å²) in [5, 5.41) is 0. The van der Waals surface area contributed by atoms with Crippen LogP contribution >= 0.6 is 0 Å². The summed E-state index contributed by atoms with van der Waals surface area (Å²) in [5.41, 5.74) is 4.93. The molecule has 75 valence electrons. The van der Waals surface area contributed by atoms with Gasteiger partial charge in [-0.1, -0.05) is 25.1 Å². The first-order valence-corrected chi connectivity index (χ1v) is 5.52. The van der Waals surface area contributed by atoms with Gasteiger partial charge in [-0.15, -0.1) is 0 Å². The second kappa shape index (κ2) is 3.42. The Morgan fingerprint density at radius 2 is 1.79 bits per heavy atom. The van der Waals surface area contributed by atoms with Gasteiger partial charge in [-0.05, 0) is 61.6 Å². The third-order valence-electron chi connectivity index (χ3n) is 3.58. The summed E-state index contributed by atoms with van der Waals surface area (Å²) in [5.74, 6) is 0. The average molecular weight is 187 g/mol. The van der Waals surface area contributed by atoms with Crippen LogP contribution in [0.15, 0.2) is 18.2 Å². The van der Waals surface area contributed by atoms with Crippen molar-refractivity contribution in [3.05, 3.63) is 41.3 Å². The van der Waals surface area contributed by atoms with Crippen molar-refractivity contribution in [2.24, 2.45) is 0 Å². The summed E-state index contributed by atoms with van der Waals surface area (Å²) in [6.45, 7) is 6.89. The zero-order chi connectivity index (χ0) is 10.2. The largest absolute Gasteiger partial charge is 0.0617 e. The fraction of sp³-hybridized carbons (Fsp3) is 0.500. The molecule has 0 aromatic heterocycles. The van der Waals surface area contributed by atoms with Crippen molar-refractivity contribution in [1.29, 1.82) is 0 Å². The minimum Gasteiger partial charge on any atom is -0.0617 e. The number of benzene rings is 1. The molecule has 0 aliphatic heterocycles. The molecule has 1 aliphatic carbocycles. The van der Waals surface area contributed by atoms with Gasteiger partial charge in [0.05, 0.1) is 0 Å². The van der Waals surface area contributed by atoms with Gasteiger partial charge in [-0.2, -0.15) is 0 Å². The summed E-state index contributed by atoms with van der Waals surface area (Å²) in [7, 11) is 0. The first kappa shape index (κ1) is 9.76. The van der Waals surface area contributed by atoms with Crippen molar-refractivity contribution in [2.75, 3.05) is 0 Å². The number of rotatable bonds is 1. The normalized spacial score (nSPS) is 19.9. The first-order chi connectivity index (χ1) is 6.63. The van der Waals surface area contributed by atoms with Gasteiger partial charge in [-0.25, -0.2) is 0 Å². The Morgan fingerprint density at radius 1 is 1.14 bits per heavy atom. The topological polar surface area (TPSA) is 0 Å². The smallest absolute Gasteiger partial charge is 0.00672 e. The number of hydrogen-bond donors (Lipinski definition) is 0. The predicted molar refractivity (Wildman–Crippen MR) is 61.4 cm³/mol. The van der Waals surface area contributed by atoms with E-state index in [-0.39, 0.29) is 0 Å². The minimum atomic E-state index is 0.412. The molecule has 1 fully saturated rings. The van der Waals surface area contributed by atoms with Crippen LogP contribution in [0.3, 0.4) is 0 Å². The Morgan fingerprint density at radius 3 is 2.29 bits per heavy atom. The highest BCUT2D eigenvalue weighted by Crippen LogP contribution is 2.42. The predicted octanol–water partition coefficient (Wildman–Crippen LogP) is 3.95. The summed E-state index contributed by atoms with van der Waals surface area (Å²) < 4.78 is 0. The van der Waals surface area contributed by atoms with Crippen LogP contribution in [-0.2, 0) is 5.41 Å². The quantitative estimate of drug-likeness (QED) is 0.624. The van der Waals surface area contributed by atoms with Gasteiger partial charge in [-0.3, -0.25) is 0 Å². The van der Waals surface area contributed by atoms with Crippen LogP contribution in [-0.4, -0.2) is 0 Å². The molecule has 0 bridgehead atoms. The Hall–Kier alpha value is -0.780. The molecule has 1 aromatic rings. The van der Waals surface area contributed by atoms with Crippen LogP contribution in [0.4, 0.5) is 0 Å². The third kappa shape index (κ3) is 1.47. The van der Waals surface area contributed by atoms with Crippen LogP contribution in [0, 0.1) is 20.3 Å².